The minimum atomic E-state index is -0.687. The first-order valence-electron chi connectivity index (χ1n) is 27.6. The number of hydrogen-bond donors (Lipinski definition) is 3. The van der Waals surface area contributed by atoms with Gasteiger partial charge in [-0.05, 0) is 77.0 Å². The number of amides is 1. The van der Waals surface area contributed by atoms with Crippen molar-refractivity contribution in [1.82, 2.24) is 5.32 Å². The second-order valence-electron chi connectivity index (χ2n) is 18.9. The molecule has 3 N–H and O–H groups in total. The van der Waals surface area contributed by atoms with Crippen molar-refractivity contribution < 1.29 is 24.5 Å². The van der Waals surface area contributed by atoms with E-state index in [1.165, 1.54) is 186 Å². The van der Waals surface area contributed by atoms with Gasteiger partial charge in [0.2, 0.25) is 5.91 Å². The summed E-state index contributed by atoms with van der Waals surface area (Å²) in [4.78, 5) is 24.5. The van der Waals surface area contributed by atoms with Crippen LogP contribution < -0.4 is 5.32 Å². The van der Waals surface area contributed by atoms with Crippen molar-refractivity contribution in [3.8, 4) is 0 Å². The molecule has 62 heavy (non-hydrogen) atoms. The van der Waals surface area contributed by atoms with E-state index >= 15 is 0 Å². The Kier molecular flexibility index (Phi) is 50.6. The summed E-state index contributed by atoms with van der Waals surface area (Å²) >= 11 is 0. The number of nitrogens with one attached hydrogen (secondary N) is 1. The molecule has 2 unspecified atom stereocenters. The third-order valence-electron chi connectivity index (χ3n) is 12.7. The zero-order valence-corrected chi connectivity index (χ0v) is 41.6. The summed E-state index contributed by atoms with van der Waals surface area (Å²) in [5, 5.41) is 23.3. The van der Waals surface area contributed by atoms with Crippen LogP contribution in [0.25, 0.3) is 0 Å². The molecule has 366 valence electrons. The maximum absolute atomic E-state index is 12.5. The normalized spacial score (nSPS) is 12.8. The Hall–Kier alpha value is -1.66. The van der Waals surface area contributed by atoms with Crippen molar-refractivity contribution in [2.45, 2.75) is 309 Å². The van der Waals surface area contributed by atoms with Gasteiger partial charge >= 0.3 is 5.97 Å². The first kappa shape index (κ1) is 60.3. The van der Waals surface area contributed by atoms with E-state index < -0.39 is 12.1 Å². The highest BCUT2D eigenvalue weighted by Crippen LogP contribution is 2.17. The van der Waals surface area contributed by atoms with Gasteiger partial charge in [-0.25, -0.2) is 0 Å². The van der Waals surface area contributed by atoms with Crippen LogP contribution in [0.5, 0.6) is 0 Å². The van der Waals surface area contributed by atoms with E-state index in [9.17, 15) is 19.8 Å². The summed E-state index contributed by atoms with van der Waals surface area (Å²) in [5.74, 6) is -0.114. The molecule has 0 saturated carbocycles. The fourth-order valence-corrected chi connectivity index (χ4v) is 8.45. The maximum Gasteiger partial charge on any atom is 0.305 e. The molecule has 0 aromatic carbocycles. The minimum Gasteiger partial charge on any atom is -0.466 e. The molecule has 1 amide bonds. The van der Waals surface area contributed by atoms with Crippen LogP contribution in [0, 0.1) is 0 Å². The van der Waals surface area contributed by atoms with Crippen LogP contribution in [-0.2, 0) is 14.3 Å². The van der Waals surface area contributed by atoms with Crippen molar-refractivity contribution in [1.29, 1.82) is 0 Å². The summed E-state index contributed by atoms with van der Waals surface area (Å²) in [6, 6.07) is -0.568. The fourth-order valence-electron chi connectivity index (χ4n) is 8.45. The van der Waals surface area contributed by atoms with Gasteiger partial charge < -0.3 is 20.3 Å². The number of unbranched alkanes of at least 4 members (excludes halogenated alkanes) is 36. The van der Waals surface area contributed by atoms with Gasteiger partial charge in [0, 0.05) is 12.8 Å². The summed E-state index contributed by atoms with van der Waals surface area (Å²) in [7, 11) is 0. The lowest BCUT2D eigenvalue weighted by Crippen LogP contribution is -2.45. The predicted octanol–water partition coefficient (Wildman–Crippen LogP) is 16.7. The van der Waals surface area contributed by atoms with Crippen LogP contribution in [0.15, 0.2) is 24.3 Å². The lowest BCUT2D eigenvalue weighted by atomic mass is 10.0. The van der Waals surface area contributed by atoms with Crippen molar-refractivity contribution in [3.63, 3.8) is 0 Å². The lowest BCUT2D eigenvalue weighted by molar-refractivity contribution is -0.143. The lowest BCUT2D eigenvalue weighted by Gasteiger charge is -2.22. The van der Waals surface area contributed by atoms with E-state index in [4.69, 9.17) is 4.74 Å². The smallest absolute Gasteiger partial charge is 0.305 e. The highest BCUT2D eigenvalue weighted by molar-refractivity contribution is 5.76. The molecule has 0 aromatic rings. The summed E-state index contributed by atoms with van der Waals surface area (Å²) in [6.45, 7) is 4.86. The van der Waals surface area contributed by atoms with Crippen LogP contribution >= 0.6 is 0 Å². The van der Waals surface area contributed by atoms with Gasteiger partial charge in [-0.3, -0.25) is 9.59 Å². The molecule has 0 rings (SSSR count). The van der Waals surface area contributed by atoms with Crippen molar-refractivity contribution in [3.05, 3.63) is 24.3 Å². The van der Waals surface area contributed by atoms with Crippen LogP contribution in [0.3, 0.4) is 0 Å². The van der Waals surface area contributed by atoms with Gasteiger partial charge in [0.15, 0.2) is 0 Å². The molecule has 0 heterocycles. The van der Waals surface area contributed by atoms with Crippen LogP contribution in [0.1, 0.15) is 296 Å². The molecular weight excluding hydrogens is 767 g/mol. The monoisotopic (exact) mass is 874 g/mol. The molecule has 0 aromatic heterocycles. The quantitative estimate of drug-likeness (QED) is 0.0321. The van der Waals surface area contributed by atoms with Crippen molar-refractivity contribution >= 4 is 11.9 Å². The maximum atomic E-state index is 12.5. The summed E-state index contributed by atoms with van der Waals surface area (Å²) in [5.41, 5.74) is 0. The van der Waals surface area contributed by atoms with E-state index in [1.807, 2.05) is 0 Å². The number of allylic oxidation sites excluding steroid dienone is 4. The first-order valence-corrected chi connectivity index (χ1v) is 27.6. The Labute approximate surface area is 386 Å². The van der Waals surface area contributed by atoms with Crippen LogP contribution in [0.2, 0.25) is 0 Å². The number of ether oxygens (including phenoxy) is 1. The van der Waals surface area contributed by atoms with Crippen LogP contribution in [-0.4, -0.2) is 47.4 Å². The molecule has 0 spiro atoms. The molecular formula is C56H107NO5. The third-order valence-corrected chi connectivity index (χ3v) is 12.7. The highest BCUT2D eigenvalue weighted by Gasteiger charge is 2.20. The van der Waals surface area contributed by atoms with Gasteiger partial charge in [0.1, 0.15) is 0 Å². The first-order chi connectivity index (χ1) is 30.5. The Balaban J connectivity index is 3.52. The third kappa shape index (κ3) is 47.8. The molecule has 2 atom stereocenters. The minimum absolute atomic E-state index is 0.0450. The standard InChI is InChI=1S/C56H107NO5/c1-3-5-7-9-11-13-15-17-18-19-20-21-22-23-24-25-27-28-32-36-40-44-48-54(59)53(52-58)57-55(60)49-45-41-37-33-30-31-35-39-43-47-51-62-56(61)50-46-42-38-34-29-26-16-14-12-10-8-6-4-2/h14,16,31,35,53-54,58-59H,3-13,15,17-30,32-34,36-52H2,1-2H3,(H,57,60)/b16-14-,35-31-. The SMILES string of the molecule is CCCCCC/C=C\CCCCCCCC(=O)OCCCC/C=C\CCCCCCC(=O)NC(CO)C(O)CCCCCCCCCCCCCCCCCCCCCCCC. The average molecular weight is 874 g/mol. The topological polar surface area (TPSA) is 95.9 Å². The second-order valence-corrected chi connectivity index (χ2v) is 18.9. The molecule has 0 aliphatic rings. The Morgan fingerprint density at radius 2 is 0.758 bits per heavy atom. The van der Waals surface area contributed by atoms with Gasteiger partial charge in [-0.15, -0.1) is 0 Å². The van der Waals surface area contributed by atoms with Crippen LogP contribution in [0.4, 0.5) is 0 Å². The van der Waals surface area contributed by atoms with E-state index in [-0.39, 0.29) is 18.5 Å². The number of rotatable bonds is 51. The Morgan fingerprint density at radius 3 is 1.16 bits per heavy atom. The Bertz CT molecular complexity index is 966. The van der Waals surface area contributed by atoms with Gasteiger partial charge in [0.25, 0.3) is 0 Å². The van der Waals surface area contributed by atoms with E-state index in [0.29, 0.717) is 25.9 Å². The molecule has 6 heteroatoms. The molecule has 0 radical (unpaired) electrons. The van der Waals surface area contributed by atoms with E-state index in [2.05, 4.69) is 43.5 Å². The molecule has 6 nitrogen and oxygen atoms in total. The van der Waals surface area contributed by atoms with Crippen molar-refractivity contribution in [2.75, 3.05) is 13.2 Å². The molecule has 0 saturated heterocycles. The Morgan fingerprint density at radius 1 is 0.435 bits per heavy atom. The highest BCUT2D eigenvalue weighted by atomic mass is 16.5. The number of hydrogen-bond acceptors (Lipinski definition) is 5. The van der Waals surface area contributed by atoms with E-state index in [1.54, 1.807) is 0 Å². The van der Waals surface area contributed by atoms with Gasteiger partial charge in [-0.2, -0.15) is 0 Å². The zero-order valence-electron chi connectivity index (χ0n) is 41.6. The largest absolute Gasteiger partial charge is 0.466 e. The molecule has 0 fully saturated rings. The summed E-state index contributed by atoms with van der Waals surface area (Å²) in [6.07, 6.45) is 61.6. The molecule has 0 aliphatic heterocycles. The zero-order chi connectivity index (χ0) is 45.1. The predicted molar refractivity (Wildman–Crippen MR) is 269 cm³/mol. The molecule has 0 bridgehead atoms. The van der Waals surface area contributed by atoms with E-state index in [0.717, 1.165) is 77.0 Å². The van der Waals surface area contributed by atoms with Crippen molar-refractivity contribution in [2.24, 2.45) is 0 Å². The number of aliphatic hydroxyl groups is 2. The van der Waals surface area contributed by atoms with Gasteiger partial charge in [-0.1, -0.05) is 231 Å². The number of carbonyl (C=O) groups excluding carboxylic acids is 2. The summed E-state index contributed by atoms with van der Waals surface area (Å²) < 4.78 is 5.42. The second kappa shape index (κ2) is 52.0. The fraction of sp³-hybridized carbons (Fsp3) is 0.893. The number of carbonyl (C=O) groups is 2. The number of aliphatic hydroxyl groups excluding tert-OH is 2. The van der Waals surface area contributed by atoms with Gasteiger partial charge in [0.05, 0.1) is 25.4 Å². The number of esters is 1. The average Bonchev–Trinajstić information content (AvgIpc) is 3.27. The molecule has 0 aliphatic carbocycles.